The summed E-state index contributed by atoms with van der Waals surface area (Å²) in [6, 6.07) is 7.26. The summed E-state index contributed by atoms with van der Waals surface area (Å²) < 4.78 is 5.60. The zero-order valence-electron chi connectivity index (χ0n) is 15.2. The average Bonchev–Trinajstić information content (AvgIpc) is 3.05. The molecule has 0 radical (unpaired) electrons. The summed E-state index contributed by atoms with van der Waals surface area (Å²) in [6.45, 7) is 2.48. The van der Waals surface area contributed by atoms with E-state index in [0.717, 1.165) is 12.3 Å². The molecule has 1 aliphatic rings. The highest BCUT2D eigenvalue weighted by atomic mass is 35.5. The van der Waals surface area contributed by atoms with Crippen LogP contribution in [0.25, 0.3) is 0 Å². The molecule has 0 amide bonds. The first kappa shape index (κ1) is 20.1. The van der Waals surface area contributed by atoms with Crippen LogP contribution in [0.2, 0.25) is 5.02 Å². The fourth-order valence-electron chi connectivity index (χ4n) is 3.39. The highest BCUT2D eigenvalue weighted by molar-refractivity contribution is 6.30. The second-order valence-electron chi connectivity index (χ2n) is 6.92. The number of allylic oxidation sites excluding steroid dienone is 3. The lowest BCUT2D eigenvalue weighted by Crippen LogP contribution is -2.15. The first-order chi connectivity index (χ1) is 12.2. The molecule has 0 aromatic heterocycles. The van der Waals surface area contributed by atoms with Gasteiger partial charge < -0.3 is 9.84 Å². The molecule has 138 valence electrons. The number of aliphatic hydroxyl groups excluding tert-OH is 1. The second kappa shape index (κ2) is 11.4. The molecule has 1 aliphatic carbocycles. The summed E-state index contributed by atoms with van der Waals surface area (Å²) in [4.78, 5) is 0. The molecule has 2 rings (SSSR count). The molecule has 0 spiro atoms. The summed E-state index contributed by atoms with van der Waals surface area (Å²) in [5, 5.41) is 10.8. The van der Waals surface area contributed by atoms with Gasteiger partial charge in [-0.1, -0.05) is 68.2 Å². The molecular formula is C22H31ClO2. The Morgan fingerprint density at radius 1 is 1.32 bits per heavy atom. The monoisotopic (exact) mass is 362 g/mol. The Kier molecular flexibility index (Phi) is 9.14. The number of benzene rings is 1. The van der Waals surface area contributed by atoms with Crippen LogP contribution in [0, 0.1) is 11.8 Å². The molecule has 1 aromatic rings. The van der Waals surface area contributed by atoms with Crippen LogP contribution < -0.4 is 4.74 Å². The van der Waals surface area contributed by atoms with Gasteiger partial charge in [0.15, 0.2) is 0 Å². The van der Waals surface area contributed by atoms with Gasteiger partial charge in [0, 0.05) is 5.02 Å². The predicted octanol–water partition coefficient (Wildman–Crippen LogP) is 6.19. The van der Waals surface area contributed by atoms with E-state index < -0.39 is 6.10 Å². The maximum Gasteiger partial charge on any atom is 0.120 e. The highest BCUT2D eigenvalue weighted by Crippen LogP contribution is 2.35. The third-order valence-electron chi connectivity index (χ3n) is 4.85. The summed E-state index contributed by atoms with van der Waals surface area (Å²) in [5.74, 6) is 1.99. The minimum absolute atomic E-state index is 0.255. The molecule has 1 aromatic carbocycles. The van der Waals surface area contributed by atoms with Gasteiger partial charge in [-0.2, -0.15) is 0 Å². The molecule has 1 fully saturated rings. The fraction of sp³-hybridized carbons (Fsp3) is 0.545. The summed E-state index contributed by atoms with van der Waals surface area (Å²) in [6.07, 6.45) is 16.9. The maximum atomic E-state index is 10.1. The Labute approximate surface area is 157 Å². The van der Waals surface area contributed by atoms with Crippen LogP contribution in [-0.4, -0.2) is 17.8 Å². The zero-order chi connectivity index (χ0) is 17.9. The topological polar surface area (TPSA) is 29.5 Å². The number of hydrogen-bond acceptors (Lipinski definition) is 2. The van der Waals surface area contributed by atoms with Crippen molar-refractivity contribution in [1.29, 1.82) is 0 Å². The molecule has 0 bridgehead atoms. The van der Waals surface area contributed by atoms with E-state index in [4.69, 9.17) is 16.3 Å². The molecule has 3 heteroatoms. The van der Waals surface area contributed by atoms with Crippen LogP contribution in [0.15, 0.2) is 48.6 Å². The smallest absolute Gasteiger partial charge is 0.120 e. The molecule has 2 nitrogen and oxygen atoms in total. The van der Waals surface area contributed by atoms with E-state index in [-0.39, 0.29) is 6.61 Å². The van der Waals surface area contributed by atoms with Crippen molar-refractivity contribution in [2.45, 2.75) is 58.0 Å². The van der Waals surface area contributed by atoms with Crippen LogP contribution in [0.3, 0.4) is 0 Å². The number of rotatable bonds is 10. The lowest BCUT2D eigenvalue weighted by molar-refractivity contribution is 0.144. The first-order valence-corrected chi connectivity index (χ1v) is 9.96. The van der Waals surface area contributed by atoms with Gasteiger partial charge in [0.2, 0.25) is 0 Å². The van der Waals surface area contributed by atoms with E-state index in [1.165, 1.54) is 38.5 Å². The van der Waals surface area contributed by atoms with Crippen molar-refractivity contribution in [3.05, 3.63) is 53.6 Å². The number of hydrogen-bond donors (Lipinski definition) is 1. The van der Waals surface area contributed by atoms with Gasteiger partial charge in [-0.3, -0.25) is 0 Å². The van der Waals surface area contributed by atoms with Crippen molar-refractivity contribution in [3.8, 4) is 5.75 Å². The number of halogens is 1. The Hall–Kier alpha value is -1.25. The molecule has 0 heterocycles. The van der Waals surface area contributed by atoms with E-state index in [9.17, 15) is 5.11 Å². The van der Waals surface area contributed by atoms with E-state index in [0.29, 0.717) is 16.7 Å². The van der Waals surface area contributed by atoms with E-state index >= 15 is 0 Å². The molecular weight excluding hydrogens is 332 g/mol. The Bertz CT molecular complexity index is 553. The summed E-state index contributed by atoms with van der Waals surface area (Å²) >= 11 is 5.93. The zero-order valence-corrected chi connectivity index (χ0v) is 16.0. The fourth-order valence-corrected chi connectivity index (χ4v) is 3.57. The molecule has 3 unspecified atom stereocenters. The van der Waals surface area contributed by atoms with Crippen LogP contribution in [0.5, 0.6) is 5.75 Å². The van der Waals surface area contributed by atoms with Crippen LogP contribution in [0.4, 0.5) is 0 Å². The normalized spacial score (nSPS) is 22.0. The van der Waals surface area contributed by atoms with Gasteiger partial charge in [-0.25, -0.2) is 0 Å². The third kappa shape index (κ3) is 7.66. The minimum atomic E-state index is -0.583. The lowest BCUT2D eigenvalue weighted by Gasteiger charge is -2.15. The third-order valence-corrected chi connectivity index (χ3v) is 5.08. The molecule has 25 heavy (non-hydrogen) atoms. The maximum absolute atomic E-state index is 10.1. The molecule has 0 aliphatic heterocycles. The Morgan fingerprint density at radius 3 is 3.00 bits per heavy atom. The number of unbranched alkanes of at least 4 members (excludes halogenated alkanes) is 2. The van der Waals surface area contributed by atoms with Gasteiger partial charge in [0.1, 0.15) is 18.5 Å². The van der Waals surface area contributed by atoms with Crippen molar-refractivity contribution in [2.24, 2.45) is 11.8 Å². The van der Waals surface area contributed by atoms with E-state index in [1.807, 2.05) is 24.3 Å². The van der Waals surface area contributed by atoms with Crippen LogP contribution >= 0.6 is 11.6 Å². The van der Waals surface area contributed by atoms with Crippen molar-refractivity contribution in [1.82, 2.24) is 0 Å². The van der Waals surface area contributed by atoms with Gasteiger partial charge in [-0.05, 0) is 55.7 Å². The number of ether oxygens (including phenoxy) is 1. The van der Waals surface area contributed by atoms with Crippen molar-refractivity contribution in [2.75, 3.05) is 6.61 Å². The van der Waals surface area contributed by atoms with Crippen LogP contribution in [-0.2, 0) is 0 Å². The van der Waals surface area contributed by atoms with E-state index in [1.54, 1.807) is 6.07 Å². The average molecular weight is 363 g/mol. The van der Waals surface area contributed by atoms with Crippen molar-refractivity contribution in [3.63, 3.8) is 0 Å². The van der Waals surface area contributed by atoms with Crippen molar-refractivity contribution < 1.29 is 9.84 Å². The largest absolute Gasteiger partial charge is 0.491 e. The predicted molar refractivity (Wildman–Crippen MR) is 106 cm³/mol. The molecule has 3 atom stereocenters. The van der Waals surface area contributed by atoms with E-state index in [2.05, 4.69) is 25.2 Å². The quantitative estimate of drug-likeness (QED) is 0.397. The SMILES string of the molecule is CCCC/C=C\CC1CCCC1/C=C/C(O)COc1cccc(Cl)c1. The lowest BCUT2D eigenvalue weighted by atomic mass is 9.92. The molecule has 1 N–H and O–H groups in total. The summed E-state index contributed by atoms with van der Waals surface area (Å²) in [7, 11) is 0. The first-order valence-electron chi connectivity index (χ1n) is 9.58. The van der Waals surface area contributed by atoms with Gasteiger partial charge in [0.25, 0.3) is 0 Å². The minimum Gasteiger partial charge on any atom is -0.491 e. The summed E-state index contributed by atoms with van der Waals surface area (Å²) in [5.41, 5.74) is 0. The Balaban J connectivity index is 1.74. The highest BCUT2D eigenvalue weighted by Gasteiger charge is 2.24. The van der Waals surface area contributed by atoms with Gasteiger partial charge in [0.05, 0.1) is 0 Å². The molecule has 1 saturated carbocycles. The Morgan fingerprint density at radius 2 is 2.20 bits per heavy atom. The van der Waals surface area contributed by atoms with Crippen LogP contribution in [0.1, 0.15) is 51.9 Å². The standard InChI is InChI=1S/C22H31ClO2/c1-2-3-4-5-6-9-18-10-7-11-19(18)14-15-21(24)17-25-22-13-8-12-20(23)16-22/h5-6,8,12-16,18-19,21,24H,2-4,7,9-11,17H2,1H3/b6-5-,15-14+. The van der Waals surface area contributed by atoms with Crippen molar-refractivity contribution >= 4 is 11.6 Å². The van der Waals surface area contributed by atoms with Gasteiger partial charge >= 0.3 is 0 Å². The molecule has 0 saturated heterocycles. The number of aliphatic hydroxyl groups is 1. The second-order valence-corrected chi connectivity index (χ2v) is 7.36. The van der Waals surface area contributed by atoms with Gasteiger partial charge in [-0.15, -0.1) is 0 Å².